The summed E-state index contributed by atoms with van der Waals surface area (Å²) in [4.78, 5) is 7.19. The van der Waals surface area contributed by atoms with E-state index in [4.69, 9.17) is 23.2 Å². The Labute approximate surface area is 135 Å². The van der Waals surface area contributed by atoms with Crippen LogP contribution in [0, 0.1) is 5.92 Å². The summed E-state index contributed by atoms with van der Waals surface area (Å²) in [6, 6.07) is 5.90. The number of alkyl halides is 1. The lowest BCUT2D eigenvalue weighted by molar-refractivity contribution is 0.332. The molecule has 2 aromatic rings. The molecule has 1 fully saturated rings. The van der Waals surface area contributed by atoms with Crippen LogP contribution in [0.3, 0.4) is 0 Å². The van der Waals surface area contributed by atoms with E-state index in [0.717, 1.165) is 35.0 Å². The largest absolute Gasteiger partial charge is 0.326 e. The molecule has 1 aromatic heterocycles. The summed E-state index contributed by atoms with van der Waals surface area (Å²) in [6.45, 7) is 8.69. The molecule has 1 aliphatic heterocycles. The molecule has 2 heterocycles. The Balaban J connectivity index is 1.94. The van der Waals surface area contributed by atoms with Crippen molar-refractivity contribution in [1.82, 2.24) is 14.5 Å². The SMILES string of the molecule is CCN1CCC(Cn2c(C(C)Cl)nc3cc(Cl)ccc32)C1. The van der Waals surface area contributed by atoms with Crippen molar-refractivity contribution < 1.29 is 0 Å². The summed E-state index contributed by atoms with van der Waals surface area (Å²) in [5, 5.41) is 0.624. The Morgan fingerprint density at radius 1 is 1.43 bits per heavy atom. The van der Waals surface area contributed by atoms with Crippen molar-refractivity contribution in [2.75, 3.05) is 19.6 Å². The first kappa shape index (κ1) is 15.1. The van der Waals surface area contributed by atoms with E-state index in [0.29, 0.717) is 5.92 Å². The van der Waals surface area contributed by atoms with Crippen LogP contribution in [0.15, 0.2) is 18.2 Å². The van der Waals surface area contributed by atoms with Crippen LogP contribution in [-0.4, -0.2) is 34.1 Å². The predicted octanol–water partition coefficient (Wildman–Crippen LogP) is 4.33. The van der Waals surface area contributed by atoms with Crippen molar-refractivity contribution in [2.45, 2.75) is 32.2 Å². The highest BCUT2D eigenvalue weighted by Crippen LogP contribution is 2.29. The molecular weight excluding hydrogens is 305 g/mol. The number of halogens is 2. The van der Waals surface area contributed by atoms with E-state index in [9.17, 15) is 0 Å². The Hall–Kier alpha value is -0.770. The van der Waals surface area contributed by atoms with Gasteiger partial charge in [0.25, 0.3) is 0 Å². The highest BCUT2D eigenvalue weighted by Gasteiger charge is 2.24. The molecule has 1 saturated heterocycles. The standard InChI is InChI=1S/C16H21Cl2N3/c1-3-20-7-6-12(9-20)10-21-15-5-4-13(18)8-14(15)19-16(21)11(2)17/h4-5,8,11-12H,3,6-7,9-10H2,1-2H3. The minimum absolute atomic E-state index is 0.0974. The first-order valence-corrected chi connectivity index (χ1v) is 8.42. The number of imidazole rings is 1. The van der Waals surface area contributed by atoms with Crippen LogP contribution in [0.4, 0.5) is 0 Å². The topological polar surface area (TPSA) is 21.1 Å². The van der Waals surface area contributed by atoms with E-state index < -0.39 is 0 Å². The second-order valence-electron chi connectivity index (χ2n) is 5.88. The third-order valence-corrected chi connectivity index (χ3v) is 4.78. The Morgan fingerprint density at radius 2 is 2.24 bits per heavy atom. The third-order valence-electron chi connectivity index (χ3n) is 4.35. The van der Waals surface area contributed by atoms with E-state index in [-0.39, 0.29) is 5.38 Å². The number of nitrogens with zero attached hydrogens (tertiary/aromatic N) is 3. The maximum Gasteiger partial charge on any atom is 0.127 e. The van der Waals surface area contributed by atoms with Gasteiger partial charge in [-0.05, 0) is 50.6 Å². The lowest BCUT2D eigenvalue weighted by Gasteiger charge is -2.16. The van der Waals surface area contributed by atoms with Gasteiger partial charge in [0.1, 0.15) is 5.82 Å². The highest BCUT2D eigenvalue weighted by atomic mass is 35.5. The molecule has 2 unspecified atom stereocenters. The highest BCUT2D eigenvalue weighted by molar-refractivity contribution is 6.31. The molecule has 3 nitrogen and oxygen atoms in total. The summed E-state index contributed by atoms with van der Waals surface area (Å²) < 4.78 is 2.28. The number of benzene rings is 1. The fraction of sp³-hybridized carbons (Fsp3) is 0.562. The molecule has 0 aliphatic carbocycles. The molecule has 2 atom stereocenters. The zero-order valence-electron chi connectivity index (χ0n) is 12.5. The molecule has 3 rings (SSSR count). The summed E-state index contributed by atoms with van der Waals surface area (Å²) in [6.07, 6.45) is 1.25. The second kappa shape index (κ2) is 6.15. The van der Waals surface area contributed by atoms with Crippen molar-refractivity contribution >= 4 is 34.2 Å². The quantitative estimate of drug-likeness (QED) is 0.780. The molecule has 0 bridgehead atoms. The van der Waals surface area contributed by atoms with E-state index >= 15 is 0 Å². The van der Waals surface area contributed by atoms with Gasteiger partial charge in [0.15, 0.2) is 0 Å². The molecule has 0 N–H and O–H groups in total. The number of fused-ring (bicyclic) bond motifs is 1. The van der Waals surface area contributed by atoms with Crippen LogP contribution >= 0.6 is 23.2 Å². The lowest BCUT2D eigenvalue weighted by atomic mass is 10.1. The molecular formula is C16H21Cl2N3. The molecule has 0 saturated carbocycles. The number of rotatable bonds is 4. The molecule has 1 aliphatic rings. The van der Waals surface area contributed by atoms with Crippen LogP contribution in [-0.2, 0) is 6.54 Å². The lowest BCUT2D eigenvalue weighted by Crippen LogP contribution is -2.21. The van der Waals surface area contributed by atoms with Crippen molar-refractivity contribution in [3.63, 3.8) is 0 Å². The van der Waals surface area contributed by atoms with Crippen LogP contribution in [0.2, 0.25) is 5.02 Å². The zero-order chi connectivity index (χ0) is 15.0. The van der Waals surface area contributed by atoms with Gasteiger partial charge in [0.2, 0.25) is 0 Å². The molecule has 1 aromatic carbocycles. The second-order valence-corrected chi connectivity index (χ2v) is 6.97. The van der Waals surface area contributed by atoms with Gasteiger partial charge < -0.3 is 9.47 Å². The normalized spacial score (nSPS) is 21.2. The minimum Gasteiger partial charge on any atom is -0.326 e. The van der Waals surface area contributed by atoms with Gasteiger partial charge in [-0.1, -0.05) is 18.5 Å². The van der Waals surface area contributed by atoms with Gasteiger partial charge in [-0.3, -0.25) is 0 Å². The number of aromatic nitrogens is 2. The Bertz CT molecular complexity index is 636. The molecule has 21 heavy (non-hydrogen) atoms. The first-order valence-electron chi connectivity index (χ1n) is 7.60. The fourth-order valence-corrected chi connectivity index (χ4v) is 3.56. The van der Waals surface area contributed by atoms with Crippen molar-refractivity contribution in [3.05, 3.63) is 29.0 Å². The van der Waals surface area contributed by atoms with Gasteiger partial charge in [-0.2, -0.15) is 0 Å². The molecule has 5 heteroatoms. The Morgan fingerprint density at radius 3 is 2.90 bits per heavy atom. The smallest absolute Gasteiger partial charge is 0.127 e. The summed E-state index contributed by atoms with van der Waals surface area (Å²) in [5.74, 6) is 1.62. The molecule has 0 spiro atoms. The van der Waals surface area contributed by atoms with Crippen molar-refractivity contribution in [2.24, 2.45) is 5.92 Å². The molecule has 0 radical (unpaired) electrons. The maximum atomic E-state index is 6.33. The van der Waals surface area contributed by atoms with Crippen LogP contribution in [0.25, 0.3) is 11.0 Å². The van der Waals surface area contributed by atoms with Crippen LogP contribution < -0.4 is 0 Å². The summed E-state index contributed by atoms with van der Waals surface area (Å²) in [5.41, 5.74) is 2.08. The maximum absolute atomic E-state index is 6.33. The minimum atomic E-state index is -0.0974. The number of hydrogen-bond acceptors (Lipinski definition) is 2. The third kappa shape index (κ3) is 3.05. The Kier molecular flexibility index (Phi) is 4.43. The van der Waals surface area contributed by atoms with Gasteiger partial charge in [-0.25, -0.2) is 4.98 Å². The predicted molar refractivity (Wildman–Crippen MR) is 89.2 cm³/mol. The van der Waals surface area contributed by atoms with E-state index in [2.05, 4.69) is 27.4 Å². The average molecular weight is 326 g/mol. The van der Waals surface area contributed by atoms with Crippen LogP contribution in [0.1, 0.15) is 31.5 Å². The first-order chi connectivity index (χ1) is 10.1. The van der Waals surface area contributed by atoms with Gasteiger partial charge >= 0.3 is 0 Å². The van der Waals surface area contributed by atoms with Gasteiger partial charge in [0, 0.05) is 18.1 Å². The average Bonchev–Trinajstić information content (AvgIpc) is 3.04. The zero-order valence-corrected chi connectivity index (χ0v) is 14.0. The van der Waals surface area contributed by atoms with E-state index in [1.807, 2.05) is 19.1 Å². The van der Waals surface area contributed by atoms with E-state index in [1.54, 1.807) is 0 Å². The van der Waals surface area contributed by atoms with Crippen molar-refractivity contribution in [1.29, 1.82) is 0 Å². The monoisotopic (exact) mass is 325 g/mol. The van der Waals surface area contributed by atoms with Gasteiger partial charge in [-0.15, -0.1) is 11.6 Å². The number of likely N-dealkylation sites (tertiary alicyclic amines) is 1. The van der Waals surface area contributed by atoms with E-state index in [1.165, 1.54) is 19.5 Å². The molecule has 0 amide bonds. The summed E-state index contributed by atoms with van der Waals surface area (Å²) >= 11 is 12.4. The van der Waals surface area contributed by atoms with Crippen molar-refractivity contribution in [3.8, 4) is 0 Å². The fourth-order valence-electron chi connectivity index (χ4n) is 3.22. The molecule has 114 valence electrons. The van der Waals surface area contributed by atoms with Crippen LogP contribution in [0.5, 0.6) is 0 Å². The summed E-state index contributed by atoms with van der Waals surface area (Å²) in [7, 11) is 0. The number of hydrogen-bond donors (Lipinski definition) is 0. The van der Waals surface area contributed by atoms with Gasteiger partial charge in [0.05, 0.1) is 16.4 Å².